The highest BCUT2D eigenvalue weighted by atomic mass is 19.1. The smallest absolute Gasteiger partial charge is 0.123 e. The predicted octanol–water partition coefficient (Wildman–Crippen LogP) is 3.49. The molecule has 0 spiro atoms. The Kier molecular flexibility index (Phi) is 4.86. The lowest BCUT2D eigenvalue weighted by molar-refractivity contribution is 0.111. The maximum Gasteiger partial charge on any atom is 0.123 e. The van der Waals surface area contributed by atoms with E-state index in [9.17, 15) is 0 Å². The standard InChI is InChI=1S/C20H25FN6/c1-14(2)27-12-15(11-25-27)17-10-18-19(24-9-8-23-18)16(26-17)4-6-20(21)5-3-7-22-13-20/h8-12,14,22H,3-7,13H2,1-2H3. The minimum Gasteiger partial charge on any atom is -0.314 e. The minimum absolute atomic E-state index is 0.281. The van der Waals surface area contributed by atoms with Crippen LogP contribution < -0.4 is 5.32 Å². The Hall–Kier alpha value is -2.41. The zero-order valence-electron chi connectivity index (χ0n) is 15.8. The molecule has 0 radical (unpaired) electrons. The molecule has 4 rings (SSSR count). The van der Waals surface area contributed by atoms with Gasteiger partial charge in [-0.05, 0) is 52.1 Å². The molecule has 0 bridgehead atoms. The molecule has 7 heteroatoms. The molecule has 3 aromatic rings. The summed E-state index contributed by atoms with van der Waals surface area (Å²) in [4.78, 5) is 13.7. The van der Waals surface area contributed by atoms with Crippen LogP contribution in [0.5, 0.6) is 0 Å². The highest BCUT2D eigenvalue weighted by molar-refractivity contribution is 5.80. The molecule has 1 saturated heterocycles. The van der Waals surface area contributed by atoms with Crippen LogP contribution in [-0.4, -0.2) is 43.5 Å². The summed E-state index contributed by atoms with van der Waals surface area (Å²) in [5.41, 5.74) is 2.91. The van der Waals surface area contributed by atoms with E-state index in [2.05, 4.69) is 34.2 Å². The van der Waals surface area contributed by atoms with Crippen molar-refractivity contribution in [1.29, 1.82) is 0 Å². The van der Waals surface area contributed by atoms with E-state index in [4.69, 9.17) is 4.98 Å². The Labute approximate surface area is 158 Å². The van der Waals surface area contributed by atoms with Crippen LogP contribution in [-0.2, 0) is 6.42 Å². The number of rotatable bonds is 5. The maximum atomic E-state index is 15.0. The van der Waals surface area contributed by atoms with Gasteiger partial charge in [0, 0.05) is 36.7 Å². The molecule has 6 nitrogen and oxygen atoms in total. The average molecular weight is 368 g/mol. The van der Waals surface area contributed by atoms with Gasteiger partial charge in [0.15, 0.2) is 0 Å². The Morgan fingerprint density at radius 1 is 1.30 bits per heavy atom. The SMILES string of the molecule is CC(C)n1cc(-c2cc3nccnc3c(CCC3(F)CCCNC3)n2)cn1. The van der Waals surface area contributed by atoms with Gasteiger partial charge in [0.2, 0.25) is 0 Å². The van der Waals surface area contributed by atoms with Gasteiger partial charge in [0.05, 0.1) is 23.1 Å². The third kappa shape index (κ3) is 3.83. The monoisotopic (exact) mass is 368 g/mol. The lowest BCUT2D eigenvalue weighted by Crippen LogP contribution is -2.42. The van der Waals surface area contributed by atoms with E-state index in [0.717, 1.165) is 41.0 Å². The summed E-state index contributed by atoms with van der Waals surface area (Å²) in [5, 5.41) is 7.57. The number of hydrogen-bond donors (Lipinski definition) is 1. The molecular weight excluding hydrogens is 343 g/mol. The Morgan fingerprint density at radius 3 is 2.89 bits per heavy atom. The number of hydrogen-bond acceptors (Lipinski definition) is 5. The van der Waals surface area contributed by atoms with Gasteiger partial charge in [-0.15, -0.1) is 0 Å². The van der Waals surface area contributed by atoms with Crippen LogP contribution in [0.15, 0.2) is 30.9 Å². The van der Waals surface area contributed by atoms with Crippen molar-refractivity contribution in [2.45, 2.75) is 51.2 Å². The van der Waals surface area contributed by atoms with Crippen LogP contribution >= 0.6 is 0 Å². The van der Waals surface area contributed by atoms with Gasteiger partial charge >= 0.3 is 0 Å². The first-order chi connectivity index (χ1) is 13.0. The first kappa shape index (κ1) is 18.0. The van der Waals surface area contributed by atoms with Gasteiger partial charge < -0.3 is 5.32 Å². The number of alkyl halides is 1. The molecule has 3 aromatic heterocycles. The number of pyridine rings is 1. The molecule has 27 heavy (non-hydrogen) atoms. The largest absolute Gasteiger partial charge is 0.314 e. The molecule has 1 fully saturated rings. The van der Waals surface area contributed by atoms with Crippen molar-refractivity contribution >= 4 is 11.0 Å². The summed E-state index contributed by atoms with van der Waals surface area (Å²) in [6.07, 6.45) is 9.60. The second-order valence-corrected chi connectivity index (χ2v) is 7.61. The van der Waals surface area contributed by atoms with Crippen molar-refractivity contribution in [2.24, 2.45) is 0 Å². The lowest BCUT2D eigenvalue weighted by atomic mass is 9.90. The number of aryl methyl sites for hydroxylation is 1. The van der Waals surface area contributed by atoms with Gasteiger partial charge in [-0.3, -0.25) is 19.6 Å². The minimum atomic E-state index is -1.17. The molecule has 4 heterocycles. The summed E-state index contributed by atoms with van der Waals surface area (Å²) in [6, 6.07) is 2.21. The fourth-order valence-electron chi connectivity index (χ4n) is 3.60. The quantitative estimate of drug-likeness (QED) is 0.747. The molecule has 0 aromatic carbocycles. The Balaban J connectivity index is 1.67. The molecule has 1 aliphatic rings. The van der Waals surface area contributed by atoms with Crippen molar-refractivity contribution in [1.82, 2.24) is 30.0 Å². The first-order valence-corrected chi connectivity index (χ1v) is 9.59. The normalized spacial score (nSPS) is 20.4. The Morgan fingerprint density at radius 2 is 2.15 bits per heavy atom. The first-order valence-electron chi connectivity index (χ1n) is 9.59. The van der Waals surface area contributed by atoms with Gasteiger partial charge in [-0.1, -0.05) is 0 Å². The molecular formula is C20H25FN6. The van der Waals surface area contributed by atoms with Crippen molar-refractivity contribution in [3.05, 3.63) is 36.5 Å². The number of halogens is 1. The van der Waals surface area contributed by atoms with Crippen molar-refractivity contribution in [3.8, 4) is 11.3 Å². The van der Waals surface area contributed by atoms with Gasteiger partial charge in [0.25, 0.3) is 0 Å². The van der Waals surface area contributed by atoms with Crippen LogP contribution in [0.25, 0.3) is 22.3 Å². The van der Waals surface area contributed by atoms with Crippen LogP contribution in [0.4, 0.5) is 4.39 Å². The summed E-state index contributed by atoms with van der Waals surface area (Å²) < 4.78 is 16.9. The zero-order chi connectivity index (χ0) is 18.9. The van der Waals surface area contributed by atoms with E-state index in [1.807, 2.05) is 23.1 Å². The molecule has 1 atom stereocenters. The van der Waals surface area contributed by atoms with E-state index in [-0.39, 0.29) is 6.04 Å². The molecule has 0 saturated carbocycles. The van der Waals surface area contributed by atoms with Gasteiger partial charge in [0.1, 0.15) is 11.2 Å². The highest BCUT2D eigenvalue weighted by Gasteiger charge is 2.31. The van der Waals surface area contributed by atoms with Crippen LogP contribution in [0, 0.1) is 0 Å². The molecule has 0 amide bonds. The van der Waals surface area contributed by atoms with Crippen LogP contribution in [0.1, 0.15) is 44.8 Å². The van der Waals surface area contributed by atoms with Crippen molar-refractivity contribution < 1.29 is 4.39 Å². The van der Waals surface area contributed by atoms with E-state index < -0.39 is 5.67 Å². The maximum absolute atomic E-state index is 15.0. The average Bonchev–Trinajstić information content (AvgIpc) is 3.17. The molecule has 1 aliphatic heterocycles. The third-order valence-electron chi connectivity index (χ3n) is 5.19. The van der Waals surface area contributed by atoms with Crippen LogP contribution in [0.2, 0.25) is 0 Å². The van der Waals surface area contributed by atoms with Crippen LogP contribution in [0.3, 0.4) is 0 Å². The fourth-order valence-corrected chi connectivity index (χ4v) is 3.60. The number of nitrogens with one attached hydrogen (secondary N) is 1. The number of aromatic nitrogens is 5. The molecule has 1 unspecified atom stereocenters. The highest BCUT2D eigenvalue weighted by Crippen LogP contribution is 2.29. The predicted molar refractivity (Wildman–Crippen MR) is 103 cm³/mol. The second kappa shape index (κ2) is 7.31. The van der Waals surface area contributed by atoms with E-state index >= 15 is 4.39 Å². The number of nitrogens with zero attached hydrogens (tertiary/aromatic N) is 5. The van der Waals surface area contributed by atoms with E-state index in [1.165, 1.54) is 0 Å². The van der Waals surface area contributed by atoms with E-state index in [0.29, 0.717) is 25.8 Å². The zero-order valence-corrected chi connectivity index (χ0v) is 15.8. The molecule has 0 aliphatic carbocycles. The summed E-state index contributed by atoms with van der Waals surface area (Å²) in [7, 11) is 0. The van der Waals surface area contributed by atoms with Gasteiger partial charge in [-0.2, -0.15) is 5.10 Å². The summed E-state index contributed by atoms with van der Waals surface area (Å²) >= 11 is 0. The molecule has 1 N–H and O–H groups in total. The van der Waals surface area contributed by atoms with E-state index in [1.54, 1.807) is 12.4 Å². The van der Waals surface area contributed by atoms with Crippen molar-refractivity contribution in [3.63, 3.8) is 0 Å². The third-order valence-corrected chi connectivity index (χ3v) is 5.19. The van der Waals surface area contributed by atoms with Crippen molar-refractivity contribution in [2.75, 3.05) is 13.1 Å². The van der Waals surface area contributed by atoms with Gasteiger partial charge in [-0.25, -0.2) is 4.39 Å². The Bertz CT molecular complexity index is 929. The topological polar surface area (TPSA) is 68.5 Å². The number of piperidine rings is 1. The fraction of sp³-hybridized carbons (Fsp3) is 0.500. The summed E-state index contributed by atoms with van der Waals surface area (Å²) in [5.74, 6) is 0. The summed E-state index contributed by atoms with van der Waals surface area (Å²) in [6.45, 7) is 5.48. The molecule has 142 valence electrons. The lowest BCUT2D eigenvalue weighted by Gasteiger charge is -2.30. The second-order valence-electron chi connectivity index (χ2n) is 7.61. The number of fused-ring (bicyclic) bond motifs is 1.